The first kappa shape index (κ1) is 18.6. The number of anilines is 2. The number of nitrogens with one attached hydrogen (secondary N) is 1. The van der Waals surface area contributed by atoms with Gasteiger partial charge in [-0.25, -0.2) is 14.8 Å². The van der Waals surface area contributed by atoms with E-state index in [2.05, 4.69) is 15.3 Å². The lowest BCUT2D eigenvalue weighted by atomic mass is 9.35. The van der Waals surface area contributed by atoms with Crippen LogP contribution in [0, 0.1) is 30.1 Å². The molecule has 166 valence electrons. The summed E-state index contributed by atoms with van der Waals surface area (Å²) < 4.78 is 8.73. The van der Waals surface area contributed by atoms with E-state index < -0.39 is 5.60 Å². The van der Waals surface area contributed by atoms with Crippen LogP contribution in [-0.4, -0.2) is 41.9 Å². The van der Waals surface area contributed by atoms with Gasteiger partial charge in [-0.05, 0) is 55.9 Å². The molecule has 3 heterocycles. The maximum Gasteiger partial charge on any atom is 0.330 e. The van der Waals surface area contributed by atoms with Crippen molar-refractivity contribution < 1.29 is 9.84 Å². The van der Waals surface area contributed by atoms with E-state index in [1.54, 1.807) is 31.1 Å². The van der Waals surface area contributed by atoms with Crippen molar-refractivity contribution in [3.8, 4) is 5.88 Å². The quantitative estimate of drug-likeness (QED) is 0.649. The molecule has 9 heteroatoms. The number of ether oxygens (including phenoxy) is 1. The standard InChI is InChI=1S/C23H26N6O3/c1-11-4-17(32-3)24-9-15(11)26-20-25-10-16-19(27-20)29(21(30)28(16)2)18-12-5-13-7-22(31)8-14(18)23(13,22)6-12/h4,9-10,12-14,18,31H,5-8H2,1-3H3,(H,25,26,27). The molecule has 0 radical (unpaired) electrons. The molecule has 2 bridgehead atoms. The van der Waals surface area contributed by atoms with Crippen molar-refractivity contribution in [2.24, 2.45) is 30.2 Å². The first-order valence-electron chi connectivity index (χ1n) is 11.3. The lowest BCUT2D eigenvalue weighted by Gasteiger charge is -2.72. The van der Waals surface area contributed by atoms with Crippen molar-refractivity contribution in [1.82, 2.24) is 24.1 Å². The highest BCUT2D eigenvalue weighted by Crippen LogP contribution is 2.85. The summed E-state index contributed by atoms with van der Waals surface area (Å²) >= 11 is 0. The highest BCUT2D eigenvalue weighted by molar-refractivity contribution is 5.73. The number of imidazole rings is 1. The lowest BCUT2D eigenvalue weighted by Crippen LogP contribution is -2.74. The largest absolute Gasteiger partial charge is 0.481 e. The number of methoxy groups -OCH3 is 1. The average Bonchev–Trinajstić information content (AvgIpc) is 3.36. The molecule has 0 aliphatic heterocycles. The number of aliphatic hydroxyl groups is 1. The Hall–Kier alpha value is -2.94. The normalized spacial score (nSPS) is 36.0. The highest BCUT2D eigenvalue weighted by atomic mass is 16.5. The summed E-state index contributed by atoms with van der Waals surface area (Å²) in [5.74, 6) is 2.42. The number of fused-ring (bicyclic) bond motifs is 2. The molecule has 4 aliphatic carbocycles. The summed E-state index contributed by atoms with van der Waals surface area (Å²) in [6.45, 7) is 1.96. The summed E-state index contributed by atoms with van der Waals surface area (Å²) in [7, 11) is 3.37. The van der Waals surface area contributed by atoms with Crippen LogP contribution in [0.4, 0.5) is 11.6 Å². The number of rotatable bonds is 4. The molecular weight excluding hydrogens is 408 g/mol. The van der Waals surface area contributed by atoms with Crippen LogP contribution in [-0.2, 0) is 7.05 Å². The van der Waals surface area contributed by atoms with E-state index in [1.165, 1.54) is 0 Å². The van der Waals surface area contributed by atoms with E-state index in [4.69, 9.17) is 9.72 Å². The van der Waals surface area contributed by atoms with E-state index in [9.17, 15) is 9.90 Å². The molecule has 3 aromatic rings. The molecule has 1 spiro atoms. The van der Waals surface area contributed by atoms with Crippen LogP contribution < -0.4 is 15.7 Å². The van der Waals surface area contributed by atoms with Gasteiger partial charge in [-0.3, -0.25) is 9.13 Å². The molecular formula is C23H26N6O3. The van der Waals surface area contributed by atoms with Gasteiger partial charge in [-0.1, -0.05) is 0 Å². The van der Waals surface area contributed by atoms with Crippen molar-refractivity contribution in [1.29, 1.82) is 0 Å². The summed E-state index contributed by atoms with van der Waals surface area (Å²) in [5.41, 5.74) is 2.65. The maximum atomic E-state index is 13.3. The van der Waals surface area contributed by atoms with Gasteiger partial charge >= 0.3 is 5.69 Å². The number of aryl methyl sites for hydroxylation is 2. The summed E-state index contributed by atoms with van der Waals surface area (Å²) in [5, 5.41) is 14.3. The molecule has 0 amide bonds. The van der Waals surface area contributed by atoms with E-state index in [1.807, 2.05) is 17.6 Å². The molecule has 0 saturated heterocycles. The Kier molecular flexibility index (Phi) is 3.31. The van der Waals surface area contributed by atoms with Crippen LogP contribution in [0.3, 0.4) is 0 Å². The molecule has 9 nitrogen and oxygen atoms in total. The second-order valence-corrected chi connectivity index (χ2v) is 10.3. The molecule has 0 aromatic carbocycles. The van der Waals surface area contributed by atoms with Crippen molar-refractivity contribution >= 4 is 22.8 Å². The first-order valence-corrected chi connectivity index (χ1v) is 11.3. The summed E-state index contributed by atoms with van der Waals surface area (Å²) in [6, 6.07) is 1.95. The molecule has 4 aliphatic rings. The van der Waals surface area contributed by atoms with Crippen molar-refractivity contribution in [2.45, 2.75) is 44.2 Å². The number of hydrogen-bond donors (Lipinski definition) is 2. The molecule has 6 atom stereocenters. The predicted molar refractivity (Wildman–Crippen MR) is 117 cm³/mol. The van der Waals surface area contributed by atoms with E-state index in [-0.39, 0.29) is 17.1 Å². The smallest absolute Gasteiger partial charge is 0.330 e. The van der Waals surface area contributed by atoms with Crippen LogP contribution in [0.15, 0.2) is 23.3 Å². The zero-order valence-electron chi connectivity index (χ0n) is 18.4. The second-order valence-electron chi connectivity index (χ2n) is 10.3. The zero-order valence-corrected chi connectivity index (χ0v) is 18.4. The lowest BCUT2D eigenvalue weighted by molar-refractivity contribution is -0.312. The fraction of sp³-hybridized carbons (Fsp3) is 0.565. The summed E-state index contributed by atoms with van der Waals surface area (Å²) in [6.07, 6.45) is 7.31. The van der Waals surface area contributed by atoms with Gasteiger partial charge in [-0.15, -0.1) is 0 Å². The topological polar surface area (TPSA) is 107 Å². The van der Waals surface area contributed by atoms with E-state index in [0.717, 1.165) is 42.5 Å². The van der Waals surface area contributed by atoms with Crippen molar-refractivity contribution in [3.63, 3.8) is 0 Å². The Bertz CT molecular complexity index is 1360. The molecule has 6 unspecified atom stereocenters. The Morgan fingerprint density at radius 1 is 1.25 bits per heavy atom. The minimum atomic E-state index is -0.485. The maximum absolute atomic E-state index is 13.3. The second kappa shape index (κ2) is 5.70. The third-order valence-electron chi connectivity index (χ3n) is 9.15. The molecule has 7 rings (SSSR count). The molecule has 3 aromatic heterocycles. The van der Waals surface area contributed by atoms with Gasteiger partial charge in [0.05, 0.1) is 30.8 Å². The average molecular weight is 435 g/mol. The molecule has 2 N–H and O–H groups in total. The van der Waals surface area contributed by atoms with E-state index in [0.29, 0.717) is 35.2 Å². The Labute approximate surface area is 184 Å². The summed E-state index contributed by atoms with van der Waals surface area (Å²) in [4.78, 5) is 26.9. The Balaban J connectivity index is 1.31. The molecule has 4 fully saturated rings. The van der Waals surface area contributed by atoms with Gasteiger partial charge in [0.2, 0.25) is 11.8 Å². The Morgan fingerprint density at radius 2 is 2.09 bits per heavy atom. The van der Waals surface area contributed by atoms with Gasteiger partial charge in [0.25, 0.3) is 0 Å². The number of hydrogen-bond acceptors (Lipinski definition) is 7. The number of aromatic nitrogens is 5. The zero-order chi connectivity index (χ0) is 22.0. The van der Waals surface area contributed by atoms with Crippen molar-refractivity contribution in [2.75, 3.05) is 12.4 Å². The van der Waals surface area contributed by atoms with Crippen LogP contribution in [0.2, 0.25) is 0 Å². The minimum Gasteiger partial charge on any atom is -0.481 e. The van der Waals surface area contributed by atoms with E-state index >= 15 is 0 Å². The highest BCUT2D eigenvalue weighted by Gasteiger charge is 2.84. The third kappa shape index (κ3) is 1.95. The van der Waals surface area contributed by atoms with Gasteiger partial charge in [-0.2, -0.15) is 4.98 Å². The van der Waals surface area contributed by atoms with Gasteiger partial charge in [0.15, 0.2) is 5.65 Å². The SMILES string of the molecule is COc1cc(C)c(Nc2ncc3c(n2)n(C2C4CC5CC6(O)CC2C56C4)c(=O)n3C)cn1. The van der Waals surface area contributed by atoms with Crippen LogP contribution in [0.25, 0.3) is 11.2 Å². The monoisotopic (exact) mass is 434 g/mol. The number of nitrogens with zero attached hydrogens (tertiary/aromatic N) is 5. The predicted octanol–water partition coefficient (Wildman–Crippen LogP) is 2.31. The van der Waals surface area contributed by atoms with Crippen molar-refractivity contribution in [3.05, 3.63) is 34.5 Å². The van der Waals surface area contributed by atoms with Crippen LogP contribution in [0.5, 0.6) is 5.88 Å². The molecule has 32 heavy (non-hydrogen) atoms. The van der Waals surface area contributed by atoms with Gasteiger partial charge in [0, 0.05) is 24.6 Å². The number of pyridine rings is 1. The minimum absolute atomic E-state index is 0.0456. The fourth-order valence-corrected chi connectivity index (χ4v) is 7.81. The van der Waals surface area contributed by atoms with Gasteiger partial charge in [0.1, 0.15) is 5.52 Å². The fourth-order valence-electron chi connectivity index (χ4n) is 7.81. The molecule has 4 saturated carbocycles. The van der Waals surface area contributed by atoms with Crippen LogP contribution in [0.1, 0.15) is 37.3 Å². The Morgan fingerprint density at radius 3 is 2.81 bits per heavy atom. The first-order chi connectivity index (χ1) is 15.4. The van der Waals surface area contributed by atoms with Crippen LogP contribution >= 0.6 is 0 Å². The third-order valence-corrected chi connectivity index (χ3v) is 9.15. The van der Waals surface area contributed by atoms with Gasteiger partial charge < -0.3 is 15.2 Å².